The summed E-state index contributed by atoms with van der Waals surface area (Å²) in [6.07, 6.45) is 0.904. The second-order valence-electron chi connectivity index (χ2n) is 5.90. The molecule has 1 aliphatic heterocycles. The first kappa shape index (κ1) is 16.8. The molecule has 0 spiro atoms. The first-order valence-corrected chi connectivity index (χ1v) is 8.74. The summed E-state index contributed by atoms with van der Waals surface area (Å²) in [5.74, 6) is 1.71. The maximum absolute atomic E-state index is 11.9. The molecule has 0 bridgehead atoms. The number of anilines is 2. The minimum absolute atomic E-state index is 0.0300. The van der Waals surface area contributed by atoms with Gasteiger partial charge in [0, 0.05) is 37.6 Å². The fraction of sp³-hybridized carbons (Fsp3) is 0.500. The van der Waals surface area contributed by atoms with Gasteiger partial charge in [0.25, 0.3) is 0 Å². The van der Waals surface area contributed by atoms with Crippen molar-refractivity contribution in [1.29, 1.82) is 0 Å². The summed E-state index contributed by atoms with van der Waals surface area (Å²) in [6, 6.07) is 1.96. The summed E-state index contributed by atoms with van der Waals surface area (Å²) >= 11 is 1.55. The smallest absolute Gasteiger partial charge is 0.248 e. The SMILES string of the molecule is COCC(=O)N1CC[C@@H](c2cc(Nc3nc(C)cs3)nc(C)n2)C1. The molecule has 0 saturated carbocycles. The summed E-state index contributed by atoms with van der Waals surface area (Å²) in [6.45, 7) is 5.39. The number of nitrogens with zero attached hydrogens (tertiary/aromatic N) is 4. The fourth-order valence-electron chi connectivity index (χ4n) is 2.83. The number of nitrogens with one attached hydrogen (secondary N) is 1. The van der Waals surface area contributed by atoms with Crippen LogP contribution in [-0.2, 0) is 9.53 Å². The van der Waals surface area contributed by atoms with E-state index in [1.165, 1.54) is 7.11 Å². The van der Waals surface area contributed by atoms with Crippen molar-refractivity contribution in [2.24, 2.45) is 0 Å². The van der Waals surface area contributed by atoms with Gasteiger partial charge >= 0.3 is 0 Å². The Morgan fingerprint density at radius 3 is 2.96 bits per heavy atom. The Labute approximate surface area is 145 Å². The Bertz CT molecular complexity index is 733. The minimum Gasteiger partial charge on any atom is -0.375 e. The summed E-state index contributed by atoms with van der Waals surface area (Å²) in [7, 11) is 1.54. The summed E-state index contributed by atoms with van der Waals surface area (Å²) < 4.78 is 4.93. The Balaban J connectivity index is 1.73. The van der Waals surface area contributed by atoms with Gasteiger partial charge in [0.15, 0.2) is 5.13 Å². The quantitative estimate of drug-likeness (QED) is 0.893. The number of rotatable bonds is 5. The largest absolute Gasteiger partial charge is 0.375 e. The first-order chi connectivity index (χ1) is 11.5. The van der Waals surface area contributed by atoms with Crippen molar-refractivity contribution >= 4 is 28.2 Å². The molecule has 3 heterocycles. The molecule has 0 unspecified atom stereocenters. The molecule has 0 aliphatic carbocycles. The van der Waals surface area contributed by atoms with Crippen LogP contribution in [0, 0.1) is 13.8 Å². The van der Waals surface area contributed by atoms with Crippen molar-refractivity contribution in [2.45, 2.75) is 26.2 Å². The number of ether oxygens (including phenoxy) is 1. The predicted octanol–water partition coefficient (Wildman–Crippen LogP) is 2.26. The molecule has 7 nitrogen and oxygen atoms in total. The van der Waals surface area contributed by atoms with Crippen LogP contribution in [-0.4, -0.2) is 52.6 Å². The molecular weight excluding hydrogens is 326 g/mol. The number of aromatic nitrogens is 3. The highest BCUT2D eigenvalue weighted by molar-refractivity contribution is 7.13. The van der Waals surface area contributed by atoms with E-state index >= 15 is 0 Å². The van der Waals surface area contributed by atoms with Crippen LogP contribution in [0.4, 0.5) is 10.9 Å². The molecule has 1 N–H and O–H groups in total. The third-order valence-corrected chi connectivity index (χ3v) is 4.81. The minimum atomic E-state index is 0.0300. The molecule has 24 heavy (non-hydrogen) atoms. The fourth-order valence-corrected chi connectivity index (χ4v) is 3.52. The number of likely N-dealkylation sites (tertiary alicyclic amines) is 1. The number of amides is 1. The van der Waals surface area contributed by atoms with Crippen LogP contribution < -0.4 is 5.32 Å². The van der Waals surface area contributed by atoms with Gasteiger partial charge in [-0.25, -0.2) is 15.0 Å². The van der Waals surface area contributed by atoms with Gasteiger partial charge in [-0.2, -0.15) is 0 Å². The average Bonchev–Trinajstić information content (AvgIpc) is 3.16. The van der Waals surface area contributed by atoms with E-state index in [2.05, 4.69) is 20.3 Å². The molecule has 1 atom stereocenters. The third kappa shape index (κ3) is 3.88. The molecule has 0 radical (unpaired) electrons. The molecule has 1 fully saturated rings. The van der Waals surface area contributed by atoms with E-state index in [4.69, 9.17) is 4.74 Å². The first-order valence-electron chi connectivity index (χ1n) is 7.86. The van der Waals surface area contributed by atoms with E-state index in [1.54, 1.807) is 11.3 Å². The van der Waals surface area contributed by atoms with E-state index in [9.17, 15) is 4.79 Å². The highest BCUT2D eigenvalue weighted by atomic mass is 32.1. The molecule has 2 aromatic rings. The normalized spacial score (nSPS) is 17.3. The van der Waals surface area contributed by atoms with Crippen molar-refractivity contribution < 1.29 is 9.53 Å². The Morgan fingerprint density at radius 1 is 1.42 bits per heavy atom. The molecule has 2 aromatic heterocycles. The topological polar surface area (TPSA) is 80.2 Å². The maximum atomic E-state index is 11.9. The van der Waals surface area contributed by atoms with Crippen molar-refractivity contribution in [1.82, 2.24) is 19.9 Å². The Hall–Kier alpha value is -2.06. The van der Waals surface area contributed by atoms with Gasteiger partial charge in [0.05, 0.1) is 11.4 Å². The van der Waals surface area contributed by atoms with Gasteiger partial charge in [-0.15, -0.1) is 11.3 Å². The zero-order valence-electron chi connectivity index (χ0n) is 14.1. The second kappa shape index (κ2) is 7.23. The second-order valence-corrected chi connectivity index (χ2v) is 6.76. The molecule has 1 saturated heterocycles. The molecule has 1 aliphatic rings. The number of carbonyl (C=O) groups excluding carboxylic acids is 1. The molecule has 8 heteroatoms. The lowest BCUT2D eigenvalue weighted by atomic mass is 10.0. The van der Waals surface area contributed by atoms with Crippen LogP contribution in [0.5, 0.6) is 0 Å². The van der Waals surface area contributed by atoms with E-state index < -0.39 is 0 Å². The van der Waals surface area contributed by atoms with Crippen molar-refractivity contribution in [3.63, 3.8) is 0 Å². The number of hydrogen-bond donors (Lipinski definition) is 1. The van der Waals surface area contributed by atoms with Gasteiger partial charge in [-0.3, -0.25) is 4.79 Å². The number of hydrogen-bond acceptors (Lipinski definition) is 7. The van der Waals surface area contributed by atoms with E-state index in [1.807, 2.05) is 30.2 Å². The molecule has 0 aromatic carbocycles. The zero-order chi connectivity index (χ0) is 17.1. The summed E-state index contributed by atoms with van der Waals surface area (Å²) in [4.78, 5) is 27.2. The van der Waals surface area contributed by atoms with Crippen molar-refractivity contribution in [3.8, 4) is 0 Å². The van der Waals surface area contributed by atoms with Crippen LogP contribution in [0.25, 0.3) is 0 Å². The number of methoxy groups -OCH3 is 1. The van der Waals surface area contributed by atoms with Gasteiger partial charge in [-0.1, -0.05) is 0 Å². The standard InChI is InChI=1S/C16H21N5O2S/c1-10-9-24-16(17-10)20-14-6-13(18-11(2)19-14)12-4-5-21(7-12)15(22)8-23-3/h6,9,12H,4-5,7-8H2,1-3H3,(H,17,18,19,20)/t12-/m1/s1. The lowest BCUT2D eigenvalue weighted by molar-refractivity contribution is -0.134. The Morgan fingerprint density at radius 2 is 2.25 bits per heavy atom. The number of carbonyl (C=O) groups is 1. The maximum Gasteiger partial charge on any atom is 0.248 e. The highest BCUT2D eigenvalue weighted by Crippen LogP contribution is 2.28. The summed E-state index contributed by atoms with van der Waals surface area (Å²) in [5.41, 5.74) is 1.95. The van der Waals surface area contributed by atoms with Crippen molar-refractivity contribution in [3.05, 3.63) is 28.7 Å². The van der Waals surface area contributed by atoms with E-state index in [-0.39, 0.29) is 18.4 Å². The molecule has 3 rings (SSSR count). The van der Waals surface area contributed by atoms with E-state index in [0.29, 0.717) is 12.4 Å². The highest BCUT2D eigenvalue weighted by Gasteiger charge is 2.28. The third-order valence-electron chi connectivity index (χ3n) is 3.94. The van der Waals surface area contributed by atoms with Crippen LogP contribution in [0.3, 0.4) is 0 Å². The Kier molecular flexibility index (Phi) is 5.06. The van der Waals surface area contributed by atoms with Crippen LogP contribution >= 0.6 is 11.3 Å². The molecule has 1 amide bonds. The number of thiazole rings is 1. The van der Waals surface area contributed by atoms with Gasteiger partial charge in [0.1, 0.15) is 18.2 Å². The number of aryl methyl sites for hydroxylation is 2. The van der Waals surface area contributed by atoms with E-state index in [0.717, 1.165) is 35.3 Å². The van der Waals surface area contributed by atoms with Crippen LogP contribution in [0.2, 0.25) is 0 Å². The predicted molar refractivity (Wildman–Crippen MR) is 92.7 cm³/mol. The van der Waals surface area contributed by atoms with Crippen LogP contribution in [0.1, 0.15) is 29.6 Å². The lowest BCUT2D eigenvalue weighted by Gasteiger charge is -2.16. The lowest BCUT2D eigenvalue weighted by Crippen LogP contribution is -2.31. The van der Waals surface area contributed by atoms with Crippen molar-refractivity contribution in [2.75, 3.05) is 32.1 Å². The van der Waals surface area contributed by atoms with Gasteiger partial charge in [0.2, 0.25) is 5.91 Å². The molecule has 128 valence electrons. The monoisotopic (exact) mass is 347 g/mol. The molecular formula is C16H21N5O2S. The summed E-state index contributed by atoms with van der Waals surface area (Å²) in [5, 5.41) is 6.05. The zero-order valence-corrected chi connectivity index (χ0v) is 14.9. The van der Waals surface area contributed by atoms with Crippen LogP contribution in [0.15, 0.2) is 11.4 Å². The average molecular weight is 347 g/mol. The van der Waals surface area contributed by atoms with Gasteiger partial charge < -0.3 is 15.0 Å². The van der Waals surface area contributed by atoms with Gasteiger partial charge in [-0.05, 0) is 20.3 Å².